The first-order chi connectivity index (χ1) is 8.57. The Hall–Kier alpha value is 0.310. The summed E-state index contributed by atoms with van der Waals surface area (Å²) in [6.45, 7) is 8.92. The topological polar surface area (TPSA) is 16.6 Å². The van der Waals surface area contributed by atoms with Crippen LogP contribution in [0.4, 0.5) is 0 Å². The highest BCUT2D eigenvalue weighted by Crippen LogP contribution is 2.70. The average molecular weight is 268 g/mol. The van der Waals surface area contributed by atoms with Gasteiger partial charge in [0.15, 0.2) is 0 Å². The highest BCUT2D eigenvalue weighted by molar-refractivity contribution is 7.79. The number of thiol groups is 1. The fraction of sp³-hybridized carbons (Fsp3) is 1.00. The summed E-state index contributed by atoms with van der Waals surface area (Å²) in [5.74, 6) is 7.12. The molecule has 0 heterocycles. The second-order valence-corrected chi connectivity index (χ2v) is 8.16. The molecular weight excluding hydrogens is 238 g/mol. The molecule has 0 amide bonds. The second kappa shape index (κ2) is 4.70. The molecule has 0 saturated heterocycles. The summed E-state index contributed by atoms with van der Waals surface area (Å²) < 4.78 is 0. The number of hydrogen-bond acceptors (Lipinski definition) is 1. The van der Waals surface area contributed by atoms with Gasteiger partial charge < -0.3 is 5.32 Å². The zero-order valence-corrected chi connectivity index (χ0v) is 13.1. The van der Waals surface area contributed by atoms with Crippen LogP contribution >= 0.6 is 12.6 Å². The molecule has 3 aliphatic rings. The molecule has 0 bridgehead atoms. The van der Waals surface area contributed by atoms with E-state index in [4.69, 9.17) is 0 Å². The summed E-state index contributed by atoms with van der Waals surface area (Å²) in [6, 6.07) is 0. The van der Waals surface area contributed by atoms with E-state index in [2.05, 4.69) is 38.7 Å². The molecule has 0 aliphatic heterocycles. The predicted octanol–water partition coefficient (Wildman–Crippen LogP) is 2.78. The van der Waals surface area contributed by atoms with E-state index in [-0.39, 0.29) is 0 Å². The van der Waals surface area contributed by atoms with Gasteiger partial charge in [-0.2, -0.15) is 0 Å². The van der Waals surface area contributed by atoms with Crippen molar-refractivity contribution in [2.75, 3.05) is 12.4 Å². The first-order valence-electron chi connectivity index (χ1n) is 8.00. The Morgan fingerprint density at radius 3 is 2.67 bits per heavy atom. The Labute approximate surface area is 118 Å². The van der Waals surface area contributed by atoms with E-state index in [1.165, 1.54) is 32.2 Å². The van der Waals surface area contributed by atoms with E-state index < -0.39 is 0 Å². The molecular formula is C16H30NS+. The van der Waals surface area contributed by atoms with Crippen molar-refractivity contribution in [3.8, 4) is 0 Å². The predicted molar refractivity (Wildman–Crippen MR) is 79.5 cm³/mol. The minimum atomic E-state index is 0.666. The third-order valence-corrected chi connectivity index (χ3v) is 6.97. The molecule has 3 aliphatic carbocycles. The van der Waals surface area contributed by atoms with Crippen LogP contribution in [0.1, 0.15) is 46.5 Å². The van der Waals surface area contributed by atoms with E-state index in [1.54, 1.807) is 0 Å². The van der Waals surface area contributed by atoms with E-state index in [1.807, 2.05) is 0 Å². The summed E-state index contributed by atoms with van der Waals surface area (Å²) in [5.41, 5.74) is 0.666. The molecule has 0 spiro atoms. The minimum Gasteiger partial charge on any atom is -0.338 e. The third-order valence-electron chi connectivity index (χ3n) is 6.71. The highest BCUT2D eigenvalue weighted by atomic mass is 32.1. The van der Waals surface area contributed by atoms with Crippen LogP contribution in [0.5, 0.6) is 0 Å². The van der Waals surface area contributed by atoms with Crippen LogP contribution < -0.4 is 5.32 Å². The molecule has 2 heteroatoms. The highest BCUT2D eigenvalue weighted by Gasteiger charge is 2.65. The summed E-state index contributed by atoms with van der Waals surface area (Å²) >= 11 is 4.36. The average Bonchev–Trinajstić information content (AvgIpc) is 2.74. The maximum absolute atomic E-state index is 4.36. The largest absolute Gasteiger partial charge is 0.338 e. The number of hydrogen-bond donors (Lipinski definition) is 2. The molecule has 3 rings (SSSR count). The molecule has 3 fully saturated rings. The van der Waals surface area contributed by atoms with Crippen LogP contribution in [0, 0.1) is 40.9 Å². The van der Waals surface area contributed by atoms with Gasteiger partial charge in [-0.3, -0.25) is 0 Å². The molecule has 0 aromatic carbocycles. The Kier molecular flexibility index (Phi) is 3.47. The number of fused-ring (bicyclic) bond motifs is 3. The summed E-state index contributed by atoms with van der Waals surface area (Å²) in [4.78, 5) is 0. The summed E-state index contributed by atoms with van der Waals surface area (Å²) in [6.07, 6.45) is 5.99. The first-order valence-corrected chi connectivity index (χ1v) is 8.63. The van der Waals surface area contributed by atoms with Crippen molar-refractivity contribution in [1.29, 1.82) is 0 Å². The van der Waals surface area contributed by atoms with E-state index in [0.29, 0.717) is 5.41 Å². The van der Waals surface area contributed by atoms with Crippen molar-refractivity contribution in [2.24, 2.45) is 40.9 Å². The monoisotopic (exact) mass is 268 g/mol. The van der Waals surface area contributed by atoms with Crippen LogP contribution in [0.3, 0.4) is 0 Å². The molecule has 1 nitrogen and oxygen atoms in total. The molecule has 2 N–H and O–H groups in total. The van der Waals surface area contributed by atoms with Gasteiger partial charge in [0.2, 0.25) is 0 Å². The molecule has 104 valence electrons. The van der Waals surface area contributed by atoms with Gasteiger partial charge in [-0.1, -0.05) is 27.2 Å². The van der Waals surface area contributed by atoms with Gasteiger partial charge in [0.1, 0.15) is 5.88 Å². The first kappa shape index (κ1) is 13.3. The van der Waals surface area contributed by atoms with Crippen LogP contribution in [0.2, 0.25) is 0 Å². The fourth-order valence-corrected chi connectivity index (χ4v) is 5.87. The summed E-state index contributed by atoms with van der Waals surface area (Å²) in [5, 5.41) is 2.41. The molecule has 18 heavy (non-hydrogen) atoms. The van der Waals surface area contributed by atoms with E-state index in [0.717, 1.165) is 41.4 Å². The molecule has 0 radical (unpaired) electrons. The van der Waals surface area contributed by atoms with E-state index >= 15 is 0 Å². The van der Waals surface area contributed by atoms with Crippen molar-refractivity contribution >= 4 is 12.6 Å². The summed E-state index contributed by atoms with van der Waals surface area (Å²) in [7, 11) is 0. The number of rotatable bonds is 3. The van der Waals surface area contributed by atoms with E-state index in [9.17, 15) is 0 Å². The van der Waals surface area contributed by atoms with Crippen molar-refractivity contribution in [2.45, 2.75) is 46.5 Å². The van der Waals surface area contributed by atoms with Crippen molar-refractivity contribution in [3.63, 3.8) is 0 Å². The van der Waals surface area contributed by atoms with Crippen LogP contribution in [-0.4, -0.2) is 12.4 Å². The van der Waals surface area contributed by atoms with Gasteiger partial charge in [-0.25, -0.2) is 0 Å². The smallest absolute Gasteiger partial charge is 0.119 e. The van der Waals surface area contributed by atoms with Crippen molar-refractivity contribution < 1.29 is 5.32 Å². The maximum atomic E-state index is 4.36. The van der Waals surface area contributed by atoms with Gasteiger partial charge in [-0.15, -0.1) is 12.6 Å². The minimum absolute atomic E-state index is 0.666. The van der Waals surface area contributed by atoms with Gasteiger partial charge in [-0.05, 0) is 54.3 Å². The lowest BCUT2D eigenvalue weighted by Crippen LogP contribution is -2.84. The zero-order chi connectivity index (χ0) is 12.9. The zero-order valence-electron chi connectivity index (χ0n) is 12.2. The fourth-order valence-electron chi connectivity index (χ4n) is 5.72. The Morgan fingerprint density at radius 1 is 1.17 bits per heavy atom. The van der Waals surface area contributed by atoms with Crippen LogP contribution in [0.25, 0.3) is 0 Å². The molecule has 0 aromatic heterocycles. The van der Waals surface area contributed by atoms with Gasteiger partial charge in [0.05, 0.1) is 6.54 Å². The normalized spacial score (nSPS) is 49.3. The Morgan fingerprint density at radius 2 is 1.94 bits per heavy atom. The molecule has 6 unspecified atom stereocenters. The molecule has 0 aromatic rings. The number of quaternary nitrogens is 1. The van der Waals surface area contributed by atoms with Gasteiger partial charge in [0.25, 0.3) is 0 Å². The van der Waals surface area contributed by atoms with Crippen molar-refractivity contribution in [3.05, 3.63) is 0 Å². The van der Waals surface area contributed by atoms with Gasteiger partial charge in [0, 0.05) is 5.92 Å². The third kappa shape index (κ3) is 1.95. The van der Waals surface area contributed by atoms with Gasteiger partial charge >= 0.3 is 0 Å². The quantitative estimate of drug-likeness (QED) is 0.579. The number of nitrogens with two attached hydrogens (primary N) is 1. The maximum Gasteiger partial charge on any atom is 0.119 e. The SMILES string of the molecule is CC1CCC2C(C[NH2+]CS)CCC3C(C12)C3(C)C. The molecule has 6 atom stereocenters. The Balaban J connectivity index is 1.77. The lowest BCUT2D eigenvalue weighted by atomic mass is 9.76. The lowest BCUT2D eigenvalue weighted by Gasteiger charge is -2.29. The Bertz CT molecular complexity index is 314. The second-order valence-electron chi connectivity index (χ2n) is 7.79. The standard InChI is InChI=1S/C16H29NS/c1-10-4-6-12-11(8-17-9-18)5-7-13-15(14(10)12)16(13,2)3/h10-15,17-18H,4-9H2,1-3H3/p+1. The van der Waals surface area contributed by atoms with Crippen LogP contribution in [-0.2, 0) is 0 Å². The van der Waals surface area contributed by atoms with Crippen molar-refractivity contribution in [1.82, 2.24) is 0 Å². The van der Waals surface area contributed by atoms with Crippen LogP contribution in [0.15, 0.2) is 0 Å². The molecule has 3 saturated carbocycles. The lowest BCUT2D eigenvalue weighted by molar-refractivity contribution is -0.643.